The lowest BCUT2D eigenvalue weighted by molar-refractivity contribution is -0.133. The number of anilines is 1. The molecule has 1 aromatic carbocycles. The quantitative estimate of drug-likeness (QED) is 0.844. The van der Waals surface area contributed by atoms with E-state index in [9.17, 15) is 9.59 Å². The third kappa shape index (κ3) is 4.07. The number of benzene rings is 1. The molecule has 0 aliphatic carbocycles. The van der Waals surface area contributed by atoms with E-state index in [1.165, 1.54) is 0 Å². The van der Waals surface area contributed by atoms with Crippen LogP contribution in [-0.2, 0) is 4.79 Å². The summed E-state index contributed by atoms with van der Waals surface area (Å²) in [6.07, 6.45) is 0. The number of ketones is 1. The van der Waals surface area contributed by atoms with Crippen molar-refractivity contribution >= 4 is 17.4 Å². The topological polar surface area (TPSA) is 52.6 Å². The molecule has 1 amide bonds. The second kappa shape index (κ2) is 7.40. The molecule has 22 heavy (non-hydrogen) atoms. The number of hydrogen-bond acceptors (Lipinski definition) is 4. The summed E-state index contributed by atoms with van der Waals surface area (Å²) in [5.74, 6) is 0.141. The van der Waals surface area contributed by atoms with Gasteiger partial charge in [0.2, 0.25) is 5.91 Å². The Morgan fingerprint density at radius 1 is 1.23 bits per heavy atom. The summed E-state index contributed by atoms with van der Waals surface area (Å²) < 4.78 is 0. The van der Waals surface area contributed by atoms with Crippen molar-refractivity contribution in [3.63, 3.8) is 0 Å². The van der Waals surface area contributed by atoms with Crippen LogP contribution >= 0.6 is 0 Å². The number of Topliss-reactive ketones (excluding diaryl/α,β-unsaturated/α-hetero) is 1. The van der Waals surface area contributed by atoms with Gasteiger partial charge >= 0.3 is 0 Å². The molecule has 5 nitrogen and oxygen atoms in total. The van der Waals surface area contributed by atoms with Crippen LogP contribution in [0.25, 0.3) is 0 Å². The third-order valence-electron chi connectivity index (χ3n) is 4.15. The van der Waals surface area contributed by atoms with Crippen molar-refractivity contribution < 1.29 is 9.59 Å². The number of piperazine rings is 1. The third-order valence-corrected chi connectivity index (χ3v) is 4.15. The van der Waals surface area contributed by atoms with Gasteiger partial charge in [-0.2, -0.15) is 0 Å². The maximum absolute atomic E-state index is 12.5. The zero-order chi connectivity index (χ0) is 16.1. The normalized spacial score (nSPS) is 17.1. The van der Waals surface area contributed by atoms with Gasteiger partial charge in [-0.05, 0) is 32.5 Å². The predicted molar refractivity (Wildman–Crippen MR) is 88.2 cm³/mol. The minimum Gasteiger partial charge on any atom is -0.374 e. The summed E-state index contributed by atoms with van der Waals surface area (Å²) in [4.78, 5) is 28.2. The average molecular weight is 303 g/mol. The van der Waals surface area contributed by atoms with Crippen molar-refractivity contribution in [1.29, 1.82) is 0 Å². The first-order valence-electron chi connectivity index (χ1n) is 7.90. The highest BCUT2D eigenvalue weighted by Crippen LogP contribution is 2.14. The van der Waals surface area contributed by atoms with Crippen LogP contribution < -0.4 is 5.32 Å². The Labute approximate surface area is 132 Å². The standard InChI is InChI=1S/C17H25N3O2/c1-4-19-8-10-20(11-9-19)17(22)13(2)18-16-7-5-6-15(12-16)14(3)21/h5-7,12-13,18H,4,8-11H2,1-3H3. The van der Waals surface area contributed by atoms with Gasteiger partial charge in [-0.3, -0.25) is 9.59 Å². The number of carbonyl (C=O) groups excluding carboxylic acids is 2. The van der Waals surface area contributed by atoms with E-state index >= 15 is 0 Å². The molecular formula is C17H25N3O2. The molecule has 1 heterocycles. The van der Waals surface area contributed by atoms with Crippen LogP contribution in [0.5, 0.6) is 0 Å². The average Bonchev–Trinajstić information content (AvgIpc) is 2.54. The number of nitrogens with one attached hydrogen (secondary N) is 1. The molecule has 1 saturated heterocycles. The Morgan fingerprint density at radius 2 is 1.91 bits per heavy atom. The minimum absolute atomic E-state index is 0.0262. The van der Waals surface area contributed by atoms with E-state index in [4.69, 9.17) is 0 Å². The Morgan fingerprint density at radius 3 is 2.50 bits per heavy atom. The van der Waals surface area contributed by atoms with Gasteiger partial charge in [0.1, 0.15) is 6.04 Å². The molecule has 1 aliphatic heterocycles. The summed E-state index contributed by atoms with van der Waals surface area (Å²) in [7, 11) is 0. The maximum Gasteiger partial charge on any atom is 0.244 e. The van der Waals surface area contributed by atoms with E-state index in [1.54, 1.807) is 19.1 Å². The molecule has 5 heteroatoms. The van der Waals surface area contributed by atoms with Crippen LogP contribution in [0, 0.1) is 0 Å². The van der Waals surface area contributed by atoms with Crippen LogP contribution in [0.15, 0.2) is 24.3 Å². The molecule has 1 aliphatic rings. The number of likely N-dealkylation sites (N-methyl/N-ethyl adjacent to an activating group) is 1. The predicted octanol–water partition coefficient (Wildman–Crippen LogP) is 1.85. The van der Waals surface area contributed by atoms with E-state index in [1.807, 2.05) is 24.0 Å². The fourth-order valence-corrected chi connectivity index (χ4v) is 2.70. The second-order valence-electron chi connectivity index (χ2n) is 5.76. The van der Waals surface area contributed by atoms with Crippen LogP contribution in [0.4, 0.5) is 5.69 Å². The van der Waals surface area contributed by atoms with Crippen molar-refractivity contribution in [2.45, 2.75) is 26.8 Å². The van der Waals surface area contributed by atoms with Crippen LogP contribution in [0.3, 0.4) is 0 Å². The van der Waals surface area contributed by atoms with Gasteiger partial charge in [0.25, 0.3) is 0 Å². The number of nitrogens with zero attached hydrogens (tertiary/aromatic N) is 2. The molecule has 0 aromatic heterocycles. The lowest BCUT2D eigenvalue weighted by Crippen LogP contribution is -2.52. The monoisotopic (exact) mass is 303 g/mol. The molecule has 0 bridgehead atoms. The Bertz CT molecular complexity index is 536. The summed E-state index contributed by atoms with van der Waals surface area (Å²) in [5, 5.41) is 3.20. The van der Waals surface area contributed by atoms with Gasteiger partial charge in [0, 0.05) is 37.4 Å². The van der Waals surface area contributed by atoms with Crippen molar-refractivity contribution in [3.8, 4) is 0 Å². The molecule has 1 fully saturated rings. The zero-order valence-corrected chi connectivity index (χ0v) is 13.6. The van der Waals surface area contributed by atoms with Gasteiger partial charge in [-0.25, -0.2) is 0 Å². The fourth-order valence-electron chi connectivity index (χ4n) is 2.70. The van der Waals surface area contributed by atoms with Gasteiger partial charge < -0.3 is 15.1 Å². The van der Waals surface area contributed by atoms with Crippen molar-refractivity contribution in [2.24, 2.45) is 0 Å². The lowest BCUT2D eigenvalue weighted by Gasteiger charge is -2.35. The first-order chi connectivity index (χ1) is 10.5. The largest absolute Gasteiger partial charge is 0.374 e. The molecule has 1 unspecified atom stereocenters. The molecule has 1 atom stereocenters. The van der Waals surface area contributed by atoms with Crippen LogP contribution in [-0.4, -0.2) is 60.3 Å². The molecule has 2 rings (SSSR count). The summed E-state index contributed by atoms with van der Waals surface area (Å²) in [5.41, 5.74) is 1.46. The smallest absolute Gasteiger partial charge is 0.244 e. The molecule has 1 aromatic rings. The fraction of sp³-hybridized carbons (Fsp3) is 0.529. The highest BCUT2D eigenvalue weighted by molar-refractivity contribution is 5.95. The molecule has 0 saturated carbocycles. The van der Waals surface area contributed by atoms with E-state index in [2.05, 4.69) is 17.1 Å². The summed E-state index contributed by atoms with van der Waals surface area (Å²) in [6, 6.07) is 6.99. The van der Waals surface area contributed by atoms with Gasteiger partial charge in [-0.1, -0.05) is 19.1 Å². The molecule has 0 spiro atoms. The first-order valence-corrected chi connectivity index (χ1v) is 7.90. The van der Waals surface area contributed by atoms with Crippen molar-refractivity contribution in [2.75, 3.05) is 38.0 Å². The number of amides is 1. The van der Waals surface area contributed by atoms with E-state index < -0.39 is 0 Å². The minimum atomic E-state index is -0.296. The zero-order valence-electron chi connectivity index (χ0n) is 13.6. The maximum atomic E-state index is 12.5. The highest BCUT2D eigenvalue weighted by atomic mass is 16.2. The molecule has 0 radical (unpaired) electrons. The second-order valence-corrected chi connectivity index (χ2v) is 5.76. The van der Waals surface area contributed by atoms with Crippen LogP contribution in [0.1, 0.15) is 31.1 Å². The lowest BCUT2D eigenvalue weighted by atomic mass is 10.1. The Balaban J connectivity index is 1.94. The summed E-state index contributed by atoms with van der Waals surface area (Å²) in [6.45, 7) is 10.0. The SMILES string of the molecule is CCN1CCN(C(=O)C(C)Nc2cccc(C(C)=O)c2)CC1. The van der Waals surface area contributed by atoms with Gasteiger partial charge in [0.05, 0.1) is 0 Å². The first kappa shape index (κ1) is 16.5. The highest BCUT2D eigenvalue weighted by Gasteiger charge is 2.24. The number of carbonyl (C=O) groups is 2. The van der Waals surface area contributed by atoms with Crippen molar-refractivity contribution in [1.82, 2.24) is 9.80 Å². The number of hydrogen-bond donors (Lipinski definition) is 1. The summed E-state index contributed by atoms with van der Waals surface area (Å²) >= 11 is 0. The molecule has 1 N–H and O–H groups in total. The molecule has 120 valence electrons. The Kier molecular flexibility index (Phi) is 5.55. The van der Waals surface area contributed by atoms with Gasteiger partial charge in [0.15, 0.2) is 5.78 Å². The number of rotatable bonds is 5. The van der Waals surface area contributed by atoms with E-state index in [0.29, 0.717) is 5.56 Å². The Hall–Kier alpha value is -1.88. The van der Waals surface area contributed by atoms with E-state index in [-0.39, 0.29) is 17.7 Å². The van der Waals surface area contributed by atoms with Crippen LogP contribution in [0.2, 0.25) is 0 Å². The molecular weight excluding hydrogens is 278 g/mol. The van der Waals surface area contributed by atoms with Crippen molar-refractivity contribution in [3.05, 3.63) is 29.8 Å². The van der Waals surface area contributed by atoms with E-state index in [0.717, 1.165) is 38.4 Å². The van der Waals surface area contributed by atoms with Gasteiger partial charge in [-0.15, -0.1) is 0 Å².